The number of halogens is 1. The Balaban J connectivity index is 2.36. The highest BCUT2D eigenvalue weighted by atomic mass is 32.2. The minimum Gasteiger partial charge on any atom is -0.364 e. The first kappa shape index (κ1) is 11.2. The average Bonchev–Trinajstić information content (AvgIpc) is 2.29. The van der Waals surface area contributed by atoms with Gasteiger partial charge in [-0.3, -0.25) is 10.1 Å². The predicted octanol–water partition coefficient (Wildman–Crippen LogP) is 2.29. The van der Waals surface area contributed by atoms with Gasteiger partial charge in [-0.15, -0.1) is 0 Å². The summed E-state index contributed by atoms with van der Waals surface area (Å²) in [7, 11) is 0. The summed E-state index contributed by atoms with van der Waals surface area (Å²) in [6.07, 6.45) is 0. The molecule has 6 heteroatoms. The highest BCUT2D eigenvalue weighted by Crippen LogP contribution is 2.30. The summed E-state index contributed by atoms with van der Waals surface area (Å²) >= 11 is 1.81. The van der Waals surface area contributed by atoms with E-state index in [9.17, 15) is 14.5 Å². The van der Waals surface area contributed by atoms with Gasteiger partial charge in [0.25, 0.3) is 5.69 Å². The molecule has 86 valence electrons. The zero-order valence-corrected chi connectivity index (χ0v) is 9.37. The van der Waals surface area contributed by atoms with E-state index in [1.807, 2.05) is 4.90 Å². The summed E-state index contributed by atoms with van der Waals surface area (Å²) in [6.45, 7) is 1.46. The van der Waals surface area contributed by atoms with Crippen molar-refractivity contribution in [3.63, 3.8) is 0 Å². The molecule has 1 fully saturated rings. The third-order valence-corrected chi connectivity index (χ3v) is 3.43. The third kappa shape index (κ3) is 2.27. The molecule has 0 spiro atoms. The van der Waals surface area contributed by atoms with Crippen LogP contribution in [0, 0.1) is 15.9 Å². The number of hydrogen-bond donors (Lipinski definition) is 0. The molecular weight excluding hydrogens is 231 g/mol. The number of nitro benzene ring substituents is 1. The number of thioether (sulfide) groups is 1. The number of nitrogens with zero attached hydrogens (tertiary/aromatic N) is 2. The van der Waals surface area contributed by atoms with Crippen molar-refractivity contribution in [2.75, 3.05) is 29.5 Å². The van der Waals surface area contributed by atoms with E-state index in [0.717, 1.165) is 30.7 Å². The molecule has 0 bridgehead atoms. The Bertz CT molecular complexity index is 408. The van der Waals surface area contributed by atoms with Gasteiger partial charge in [-0.05, 0) is 6.07 Å². The Morgan fingerprint density at radius 3 is 2.69 bits per heavy atom. The first-order valence-corrected chi connectivity index (χ1v) is 6.10. The molecule has 0 unspecified atom stereocenters. The van der Waals surface area contributed by atoms with Gasteiger partial charge in [0.15, 0.2) is 0 Å². The van der Waals surface area contributed by atoms with Crippen LogP contribution in [-0.2, 0) is 0 Å². The van der Waals surface area contributed by atoms with Crippen LogP contribution in [0.25, 0.3) is 0 Å². The molecule has 1 aliphatic rings. The predicted molar refractivity (Wildman–Crippen MR) is 62.6 cm³/mol. The summed E-state index contributed by atoms with van der Waals surface area (Å²) in [5, 5.41) is 10.8. The Morgan fingerprint density at radius 2 is 2.06 bits per heavy atom. The van der Waals surface area contributed by atoms with Crippen molar-refractivity contribution in [3.8, 4) is 0 Å². The van der Waals surface area contributed by atoms with E-state index in [2.05, 4.69) is 0 Å². The quantitative estimate of drug-likeness (QED) is 0.589. The molecule has 0 atom stereocenters. The van der Waals surface area contributed by atoms with E-state index < -0.39 is 10.7 Å². The summed E-state index contributed by atoms with van der Waals surface area (Å²) < 4.78 is 13.1. The second-order valence-electron chi connectivity index (χ2n) is 3.49. The highest BCUT2D eigenvalue weighted by Gasteiger charge is 2.21. The molecule has 1 heterocycles. The van der Waals surface area contributed by atoms with Crippen molar-refractivity contribution in [2.45, 2.75) is 0 Å². The molecule has 0 aromatic heterocycles. The third-order valence-electron chi connectivity index (χ3n) is 2.49. The van der Waals surface area contributed by atoms with Crippen LogP contribution in [0.1, 0.15) is 0 Å². The maximum atomic E-state index is 13.1. The molecule has 0 radical (unpaired) electrons. The molecule has 16 heavy (non-hydrogen) atoms. The van der Waals surface area contributed by atoms with Gasteiger partial charge >= 0.3 is 0 Å². The lowest BCUT2D eigenvalue weighted by atomic mass is 10.2. The second-order valence-corrected chi connectivity index (χ2v) is 4.71. The maximum absolute atomic E-state index is 13.1. The fraction of sp³-hybridized carbons (Fsp3) is 0.400. The van der Waals surface area contributed by atoms with Gasteiger partial charge in [-0.2, -0.15) is 11.8 Å². The zero-order chi connectivity index (χ0) is 11.5. The molecule has 2 rings (SSSR count). The molecule has 0 amide bonds. The summed E-state index contributed by atoms with van der Waals surface area (Å²) in [5.41, 5.74) is 0.374. The fourth-order valence-corrected chi connectivity index (χ4v) is 2.61. The van der Waals surface area contributed by atoms with Crippen LogP contribution in [0.5, 0.6) is 0 Å². The largest absolute Gasteiger partial charge is 0.364 e. The molecule has 1 aromatic carbocycles. The van der Waals surface area contributed by atoms with E-state index in [1.165, 1.54) is 12.1 Å². The number of anilines is 1. The Kier molecular flexibility index (Phi) is 3.28. The minimum absolute atomic E-state index is 0.0201. The van der Waals surface area contributed by atoms with Gasteiger partial charge in [0.1, 0.15) is 11.5 Å². The summed E-state index contributed by atoms with van der Waals surface area (Å²) in [4.78, 5) is 12.2. The first-order chi connectivity index (χ1) is 7.68. The van der Waals surface area contributed by atoms with Crippen molar-refractivity contribution >= 4 is 23.1 Å². The monoisotopic (exact) mass is 242 g/mol. The van der Waals surface area contributed by atoms with Crippen LogP contribution in [-0.4, -0.2) is 29.5 Å². The smallest absolute Gasteiger partial charge is 0.292 e. The van der Waals surface area contributed by atoms with Crippen LogP contribution in [0.15, 0.2) is 18.2 Å². The summed E-state index contributed by atoms with van der Waals surface area (Å²) in [6, 6.07) is 3.60. The van der Waals surface area contributed by atoms with Crippen LogP contribution < -0.4 is 4.90 Å². The van der Waals surface area contributed by atoms with Crippen molar-refractivity contribution < 1.29 is 9.31 Å². The molecule has 1 saturated heterocycles. The highest BCUT2D eigenvalue weighted by molar-refractivity contribution is 7.99. The second kappa shape index (κ2) is 4.69. The number of rotatable bonds is 2. The normalized spacial score (nSPS) is 16.2. The lowest BCUT2D eigenvalue weighted by molar-refractivity contribution is -0.384. The van der Waals surface area contributed by atoms with Crippen LogP contribution in [0.4, 0.5) is 15.8 Å². The maximum Gasteiger partial charge on any atom is 0.292 e. The van der Waals surface area contributed by atoms with Crippen molar-refractivity contribution in [1.82, 2.24) is 0 Å². The Hall–Kier alpha value is -1.30. The Morgan fingerprint density at radius 1 is 1.38 bits per heavy atom. The molecule has 0 aliphatic carbocycles. The lowest BCUT2D eigenvalue weighted by Crippen LogP contribution is -2.32. The number of hydrogen-bond acceptors (Lipinski definition) is 4. The average molecular weight is 242 g/mol. The van der Waals surface area contributed by atoms with Crippen LogP contribution in [0.2, 0.25) is 0 Å². The standard InChI is InChI=1S/C10H11FN2O2S/c11-8-1-2-9(13(14)15)10(7-8)12-3-5-16-6-4-12/h1-2,7H,3-6H2. The van der Waals surface area contributed by atoms with Crippen molar-refractivity contribution in [1.29, 1.82) is 0 Å². The van der Waals surface area contributed by atoms with Crippen LogP contribution in [0.3, 0.4) is 0 Å². The molecule has 1 aromatic rings. The molecular formula is C10H11FN2O2S. The molecule has 0 N–H and O–H groups in total. The van der Waals surface area contributed by atoms with Gasteiger partial charge in [0.2, 0.25) is 0 Å². The van der Waals surface area contributed by atoms with E-state index in [0.29, 0.717) is 5.69 Å². The van der Waals surface area contributed by atoms with E-state index in [4.69, 9.17) is 0 Å². The van der Waals surface area contributed by atoms with Crippen LogP contribution >= 0.6 is 11.8 Å². The van der Waals surface area contributed by atoms with Gasteiger partial charge in [-0.1, -0.05) is 0 Å². The molecule has 0 saturated carbocycles. The van der Waals surface area contributed by atoms with Crippen molar-refractivity contribution in [3.05, 3.63) is 34.1 Å². The SMILES string of the molecule is O=[N+]([O-])c1ccc(F)cc1N1CCSCC1. The van der Waals surface area contributed by atoms with E-state index in [1.54, 1.807) is 11.8 Å². The summed E-state index contributed by atoms with van der Waals surface area (Å²) in [5.74, 6) is 1.42. The fourth-order valence-electron chi connectivity index (χ4n) is 1.71. The zero-order valence-electron chi connectivity index (χ0n) is 8.56. The number of benzene rings is 1. The lowest BCUT2D eigenvalue weighted by Gasteiger charge is -2.27. The van der Waals surface area contributed by atoms with Gasteiger partial charge < -0.3 is 4.90 Å². The van der Waals surface area contributed by atoms with Crippen molar-refractivity contribution in [2.24, 2.45) is 0 Å². The molecule has 1 aliphatic heterocycles. The van der Waals surface area contributed by atoms with Gasteiger partial charge in [0, 0.05) is 36.7 Å². The minimum atomic E-state index is -0.462. The number of nitro groups is 1. The Labute approximate surface area is 96.6 Å². The van der Waals surface area contributed by atoms with Gasteiger partial charge in [0.05, 0.1) is 4.92 Å². The van der Waals surface area contributed by atoms with E-state index in [-0.39, 0.29) is 5.69 Å². The topological polar surface area (TPSA) is 46.4 Å². The van der Waals surface area contributed by atoms with E-state index >= 15 is 0 Å². The first-order valence-electron chi connectivity index (χ1n) is 4.95. The van der Waals surface area contributed by atoms with Gasteiger partial charge in [-0.25, -0.2) is 4.39 Å². The molecule has 4 nitrogen and oxygen atoms in total.